The molecule has 0 spiro atoms. The Balaban J connectivity index is 2.10. The van der Waals surface area contributed by atoms with Gasteiger partial charge in [0.25, 0.3) is 5.91 Å². The lowest BCUT2D eigenvalue weighted by atomic mass is 10.0. The number of rotatable bonds is 4. The maximum atomic E-state index is 12.2. The van der Waals surface area contributed by atoms with Crippen LogP contribution in [0.2, 0.25) is 5.02 Å². The highest BCUT2D eigenvalue weighted by molar-refractivity contribution is 6.30. The van der Waals surface area contributed by atoms with E-state index in [0.29, 0.717) is 28.2 Å². The molecule has 3 aromatic rings. The fraction of sp³-hybridized carbons (Fsp3) is 0.167. The van der Waals surface area contributed by atoms with Gasteiger partial charge in [0.05, 0.1) is 5.69 Å². The van der Waals surface area contributed by atoms with E-state index in [1.54, 1.807) is 0 Å². The number of amides is 1. The van der Waals surface area contributed by atoms with Gasteiger partial charge in [-0.3, -0.25) is 4.79 Å². The molecule has 0 aliphatic heterocycles. The number of hydrogen-bond donors (Lipinski definition) is 2. The highest BCUT2D eigenvalue weighted by atomic mass is 35.5. The van der Waals surface area contributed by atoms with Crippen molar-refractivity contribution in [2.75, 3.05) is 12.3 Å². The molecule has 1 heterocycles. The van der Waals surface area contributed by atoms with Crippen LogP contribution in [0.4, 0.5) is 5.69 Å². The zero-order chi connectivity index (χ0) is 17.1. The first-order valence-electron chi connectivity index (χ1n) is 7.71. The molecule has 0 unspecified atom stereocenters. The fourth-order valence-electron chi connectivity index (χ4n) is 2.50. The van der Waals surface area contributed by atoms with Gasteiger partial charge in [0.15, 0.2) is 5.69 Å². The predicted octanol–water partition coefficient (Wildman–Crippen LogP) is 3.67. The number of carbonyl (C=O) groups excluding carboxylic acids is 1. The maximum absolute atomic E-state index is 12.2. The van der Waals surface area contributed by atoms with Crippen LogP contribution in [0.3, 0.4) is 0 Å². The number of nitrogens with two attached hydrogens (primary N) is 1. The van der Waals surface area contributed by atoms with E-state index in [9.17, 15) is 4.79 Å². The molecular weight excluding hydrogens is 324 g/mol. The average Bonchev–Trinajstić information content (AvgIpc) is 2.60. The molecule has 24 heavy (non-hydrogen) atoms. The van der Waals surface area contributed by atoms with Crippen molar-refractivity contribution < 1.29 is 4.79 Å². The molecule has 1 aromatic heterocycles. The Hall–Kier alpha value is -2.66. The van der Waals surface area contributed by atoms with Crippen LogP contribution in [0.5, 0.6) is 0 Å². The Labute approximate surface area is 144 Å². The van der Waals surface area contributed by atoms with E-state index in [1.807, 2.05) is 49.4 Å². The monoisotopic (exact) mass is 340 g/mol. The summed E-state index contributed by atoms with van der Waals surface area (Å²) in [6.45, 7) is 2.55. The average molecular weight is 341 g/mol. The summed E-state index contributed by atoms with van der Waals surface area (Å²) in [4.78, 5) is 12.2. The predicted molar refractivity (Wildman–Crippen MR) is 97.0 cm³/mol. The molecule has 0 radical (unpaired) electrons. The van der Waals surface area contributed by atoms with E-state index >= 15 is 0 Å². The molecule has 0 saturated carbocycles. The first kappa shape index (κ1) is 16.2. The second kappa shape index (κ2) is 6.84. The van der Waals surface area contributed by atoms with Crippen LogP contribution in [0.1, 0.15) is 23.8 Å². The van der Waals surface area contributed by atoms with Crippen molar-refractivity contribution in [1.29, 1.82) is 0 Å². The Bertz CT molecular complexity index is 893. The molecule has 122 valence electrons. The molecule has 1 amide bonds. The lowest BCUT2D eigenvalue weighted by Crippen LogP contribution is -2.26. The number of aromatic nitrogens is 2. The van der Waals surface area contributed by atoms with Crippen molar-refractivity contribution in [2.24, 2.45) is 0 Å². The number of nitrogen functional groups attached to an aromatic ring is 1. The van der Waals surface area contributed by atoms with E-state index in [4.69, 9.17) is 17.3 Å². The number of nitrogens with zero attached hydrogens (tertiary/aromatic N) is 2. The maximum Gasteiger partial charge on any atom is 0.273 e. The summed E-state index contributed by atoms with van der Waals surface area (Å²) < 4.78 is 0. The van der Waals surface area contributed by atoms with Crippen LogP contribution in [0.15, 0.2) is 42.5 Å². The molecule has 0 fully saturated rings. The smallest absolute Gasteiger partial charge is 0.273 e. The zero-order valence-corrected chi connectivity index (χ0v) is 14.0. The van der Waals surface area contributed by atoms with Crippen molar-refractivity contribution in [2.45, 2.75) is 13.3 Å². The number of fused-ring (bicyclic) bond motifs is 1. The summed E-state index contributed by atoms with van der Waals surface area (Å²) in [5, 5.41) is 12.4. The fourth-order valence-corrected chi connectivity index (χ4v) is 2.63. The minimum Gasteiger partial charge on any atom is -0.396 e. The third-order valence-corrected chi connectivity index (χ3v) is 3.99. The Morgan fingerprint density at radius 1 is 1.17 bits per heavy atom. The molecule has 5 nitrogen and oxygen atoms in total. The van der Waals surface area contributed by atoms with Crippen molar-refractivity contribution >= 4 is 34.1 Å². The van der Waals surface area contributed by atoms with Gasteiger partial charge in [-0.2, -0.15) is 0 Å². The van der Waals surface area contributed by atoms with Crippen molar-refractivity contribution in [3.05, 3.63) is 53.2 Å². The van der Waals surface area contributed by atoms with Crippen LogP contribution in [0, 0.1) is 0 Å². The largest absolute Gasteiger partial charge is 0.396 e. The molecule has 0 atom stereocenters. The summed E-state index contributed by atoms with van der Waals surface area (Å²) in [6, 6.07) is 13.1. The lowest BCUT2D eigenvalue weighted by Gasteiger charge is -2.10. The second-order valence-electron chi connectivity index (χ2n) is 5.43. The second-order valence-corrected chi connectivity index (χ2v) is 5.86. The highest BCUT2D eigenvalue weighted by Gasteiger charge is 2.16. The topological polar surface area (TPSA) is 80.9 Å². The van der Waals surface area contributed by atoms with Gasteiger partial charge in [0.2, 0.25) is 0 Å². The van der Waals surface area contributed by atoms with E-state index in [0.717, 1.165) is 17.5 Å². The summed E-state index contributed by atoms with van der Waals surface area (Å²) in [6.07, 6.45) is 0.841. The molecule has 0 aliphatic carbocycles. The number of hydrogen-bond acceptors (Lipinski definition) is 4. The van der Waals surface area contributed by atoms with Gasteiger partial charge >= 0.3 is 0 Å². The summed E-state index contributed by atoms with van der Waals surface area (Å²) in [5.41, 5.74) is 9.18. The van der Waals surface area contributed by atoms with Crippen molar-refractivity contribution in [1.82, 2.24) is 15.5 Å². The third-order valence-electron chi connectivity index (χ3n) is 3.74. The summed E-state index contributed by atoms with van der Waals surface area (Å²) >= 11 is 5.95. The number of halogens is 1. The van der Waals surface area contributed by atoms with Crippen LogP contribution in [-0.2, 0) is 0 Å². The molecule has 6 heteroatoms. The van der Waals surface area contributed by atoms with Gasteiger partial charge in [-0.15, -0.1) is 10.2 Å². The number of benzene rings is 2. The van der Waals surface area contributed by atoms with Gasteiger partial charge in [0, 0.05) is 22.5 Å². The number of carbonyl (C=O) groups is 1. The third kappa shape index (κ3) is 3.03. The number of anilines is 1. The summed E-state index contributed by atoms with van der Waals surface area (Å²) in [5.74, 6) is -0.305. The van der Waals surface area contributed by atoms with Crippen molar-refractivity contribution in [3.8, 4) is 11.1 Å². The molecule has 3 N–H and O–H groups in total. The zero-order valence-electron chi connectivity index (χ0n) is 13.2. The molecule has 3 rings (SSSR count). The van der Waals surface area contributed by atoms with Crippen molar-refractivity contribution in [3.63, 3.8) is 0 Å². The van der Waals surface area contributed by atoms with Gasteiger partial charge < -0.3 is 11.1 Å². The Morgan fingerprint density at radius 2 is 1.92 bits per heavy atom. The first-order valence-corrected chi connectivity index (χ1v) is 8.08. The highest BCUT2D eigenvalue weighted by Crippen LogP contribution is 2.31. The van der Waals surface area contributed by atoms with E-state index in [1.165, 1.54) is 0 Å². The normalized spacial score (nSPS) is 10.8. The molecular formula is C18H17ClN4O. The lowest BCUT2D eigenvalue weighted by molar-refractivity contribution is 0.0949. The van der Waals surface area contributed by atoms with Gasteiger partial charge in [0.1, 0.15) is 5.52 Å². The van der Waals surface area contributed by atoms with E-state index < -0.39 is 0 Å². The number of nitrogens with one attached hydrogen (secondary N) is 1. The van der Waals surface area contributed by atoms with E-state index in [2.05, 4.69) is 15.5 Å². The van der Waals surface area contributed by atoms with Crippen LogP contribution >= 0.6 is 11.6 Å². The first-order chi connectivity index (χ1) is 11.6. The Morgan fingerprint density at radius 3 is 2.62 bits per heavy atom. The minimum atomic E-state index is -0.305. The molecule has 0 bridgehead atoms. The van der Waals surface area contributed by atoms with E-state index in [-0.39, 0.29) is 11.6 Å². The van der Waals surface area contributed by atoms with Crippen LogP contribution in [-0.4, -0.2) is 22.6 Å². The molecule has 2 aromatic carbocycles. The quantitative estimate of drug-likeness (QED) is 0.759. The summed E-state index contributed by atoms with van der Waals surface area (Å²) in [7, 11) is 0. The SMILES string of the molecule is CCCNC(=O)c1nnc2c(-c3ccc(Cl)cc3)cccc2c1N. The van der Waals surface area contributed by atoms with Gasteiger partial charge in [-0.25, -0.2) is 0 Å². The Kier molecular flexibility index (Phi) is 4.62. The van der Waals surface area contributed by atoms with Crippen LogP contribution in [0.25, 0.3) is 22.0 Å². The van der Waals surface area contributed by atoms with Gasteiger partial charge in [-0.1, -0.05) is 48.9 Å². The van der Waals surface area contributed by atoms with Gasteiger partial charge in [-0.05, 0) is 24.1 Å². The standard InChI is InChI=1S/C18H17ClN4O/c1-2-10-21-18(24)17-15(20)14-5-3-4-13(16(14)22-23-17)11-6-8-12(19)9-7-11/h3-9H,2,10H2,1H3,(H2,20,22)(H,21,24). The van der Waals surface area contributed by atoms with Crippen LogP contribution < -0.4 is 11.1 Å². The molecule has 0 saturated heterocycles. The minimum absolute atomic E-state index is 0.157. The molecule has 0 aliphatic rings.